The lowest BCUT2D eigenvalue weighted by atomic mass is 9.76. The molecule has 2 unspecified atom stereocenters. The van der Waals surface area contributed by atoms with Crippen molar-refractivity contribution >= 4 is 15.6 Å². The number of rotatable bonds is 14. The van der Waals surface area contributed by atoms with E-state index in [1.54, 1.807) is 42.9 Å². The first-order chi connectivity index (χ1) is 23.4. The number of aromatic nitrogens is 2. The summed E-state index contributed by atoms with van der Waals surface area (Å²) in [6.45, 7) is 0. The van der Waals surface area contributed by atoms with E-state index >= 15 is 0 Å². The summed E-state index contributed by atoms with van der Waals surface area (Å²) in [5, 5.41) is 10.6. The molecule has 6 rings (SSSR count). The molecule has 2 atom stereocenters. The van der Waals surface area contributed by atoms with E-state index in [4.69, 9.17) is 0 Å². The van der Waals surface area contributed by atoms with Crippen molar-refractivity contribution in [1.29, 1.82) is 0 Å². The maximum Gasteiger partial charge on any atom is 0.183 e. The van der Waals surface area contributed by atoms with Crippen molar-refractivity contribution in [3.8, 4) is 0 Å². The highest BCUT2D eigenvalue weighted by Gasteiger charge is 2.41. The average molecular weight is 661 g/mol. The minimum Gasteiger partial charge on any atom is -0.392 e. The number of ketones is 1. The van der Waals surface area contributed by atoms with Crippen LogP contribution < -0.4 is 0 Å². The Morgan fingerprint density at radius 1 is 0.750 bits per heavy atom. The van der Waals surface area contributed by atoms with Crippen molar-refractivity contribution in [2.45, 2.75) is 79.6 Å². The lowest BCUT2D eigenvalue weighted by Crippen LogP contribution is -2.39. The van der Waals surface area contributed by atoms with Crippen LogP contribution in [0.15, 0.2) is 139 Å². The molecule has 1 heterocycles. The number of benzene rings is 4. The summed E-state index contributed by atoms with van der Waals surface area (Å²) in [6, 6.07) is 38.6. The summed E-state index contributed by atoms with van der Waals surface area (Å²) in [7, 11) is -3.82. The molecule has 1 saturated carbocycles. The van der Waals surface area contributed by atoms with Gasteiger partial charge in [-0.2, -0.15) is 0 Å². The number of aliphatic hydroxyl groups is 1. The second-order valence-corrected chi connectivity index (χ2v) is 15.1. The van der Waals surface area contributed by atoms with E-state index in [0.29, 0.717) is 18.0 Å². The quantitative estimate of drug-likeness (QED) is 0.0957. The molecule has 1 N–H and O–H groups in total. The number of hydrogen-bond donors (Lipinski definition) is 1. The lowest BCUT2D eigenvalue weighted by molar-refractivity contribution is 0.0920. The van der Waals surface area contributed by atoms with Crippen LogP contribution in [0.5, 0.6) is 0 Å². The van der Waals surface area contributed by atoms with Gasteiger partial charge in [-0.1, -0.05) is 141 Å². The molecule has 0 amide bonds. The summed E-state index contributed by atoms with van der Waals surface area (Å²) in [5.74, 6) is 0.263. The van der Waals surface area contributed by atoms with Crippen molar-refractivity contribution in [3.05, 3.63) is 156 Å². The van der Waals surface area contributed by atoms with Crippen LogP contribution in [-0.2, 0) is 15.4 Å². The summed E-state index contributed by atoms with van der Waals surface area (Å²) in [5.41, 5.74) is 2.37. The Labute approximate surface area is 284 Å². The van der Waals surface area contributed by atoms with Gasteiger partial charge in [0.15, 0.2) is 15.6 Å². The molecular weight excluding hydrogens is 617 g/mol. The molecule has 48 heavy (non-hydrogen) atoms. The second-order valence-electron chi connectivity index (χ2n) is 13.0. The molecule has 5 aromatic rings. The molecule has 1 aliphatic carbocycles. The number of Topliss-reactive ketones (excluding diaryl/α,β-unsaturated/α-hetero) is 1. The third-order valence-electron chi connectivity index (χ3n) is 10.0. The normalized spacial score (nSPS) is 15.5. The maximum atomic E-state index is 14.2. The molecule has 4 aromatic carbocycles. The predicted octanol–water partition coefficient (Wildman–Crippen LogP) is 8.25. The highest BCUT2D eigenvalue weighted by Crippen LogP contribution is 2.42. The van der Waals surface area contributed by atoms with Crippen molar-refractivity contribution in [2.75, 3.05) is 0 Å². The highest BCUT2D eigenvalue weighted by atomic mass is 32.2. The van der Waals surface area contributed by atoms with Gasteiger partial charge in [0.2, 0.25) is 0 Å². The lowest BCUT2D eigenvalue weighted by Gasteiger charge is -2.38. The Hall–Kier alpha value is -4.33. The van der Waals surface area contributed by atoms with E-state index in [2.05, 4.69) is 41.4 Å². The summed E-state index contributed by atoms with van der Waals surface area (Å²) in [4.78, 5) is 18.9. The fourth-order valence-corrected chi connectivity index (χ4v) is 9.41. The van der Waals surface area contributed by atoms with Gasteiger partial charge in [0.1, 0.15) is 11.2 Å². The number of sulfone groups is 1. The van der Waals surface area contributed by atoms with Crippen molar-refractivity contribution < 1.29 is 18.3 Å². The fourth-order valence-electron chi connectivity index (χ4n) is 7.53. The zero-order valence-corrected chi connectivity index (χ0v) is 28.1. The van der Waals surface area contributed by atoms with E-state index in [1.807, 2.05) is 59.2 Å². The number of nitrogens with zero attached hydrogens (tertiary/aromatic N) is 2. The van der Waals surface area contributed by atoms with Gasteiger partial charge in [-0.05, 0) is 54.0 Å². The van der Waals surface area contributed by atoms with Crippen LogP contribution in [0.25, 0.3) is 0 Å². The van der Waals surface area contributed by atoms with Crippen LogP contribution in [0.1, 0.15) is 85.0 Å². The van der Waals surface area contributed by atoms with Gasteiger partial charge in [-0.3, -0.25) is 4.79 Å². The van der Waals surface area contributed by atoms with Crippen molar-refractivity contribution in [1.82, 2.24) is 9.55 Å². The van der Waals surface area contributed by atoms with E-state index in [-0.39, 0.29) is 23.5 Å². The third kappa shape index (κ3) is 6.94. The van der Waals surface area contributed by atoms with E-state index < -0.39 is 26.7 Å². The zero-order chi connectivity index (χ0) is 33.4. The fraction of sp³-hybridized carbons (Fsp3) is 0.317. The predicted molar refractivity (Wildman–Crippen MR) is 190 cm³/mol. The van der Waals surface area contributed by atoms with Gasteiger partial charge >= 0.3 is 0 Å². The van der Waals surface area contributed by atoms with Crippen LogP contribution in [0, 0.1) is 5.92 Å². The topological polar surface area (TPSA) is 89.3 Å². The second kappa shape index (κ2) is 15.3. The molecule has 7 heteroatoms. The largest absolute Gasteiger partial charge is 0.392 e. The molecule has 6 nitrogen and oxygen atoms in total. The summed E-state index contributed by atoms with van der Waals surface area (Å²) < 4.78 is 29.8. The number of carbonyl (C=O) groups is 1. The van der Waals surface area contributed by atoms with Gasteiger partial charge in [0.05, 0.1) is 28.8 Å². The van der Waals surface area contributed by atoms with Crippen molar-refractivity contribution in [3.63, 3.8) is 0 Å². The Bertz CT molecular complexity index is 1760. The molecule has 0 bridgehead atoms. The van der Waals surface area contributed by atoms with Crippen LogP contribution in [0.3, 0.4) is 0 Å². The van der Waals surface area contributed by atoms with E-state index in [1.165, 1.54) is 19.3 Å². The first-order valence-corrected chi connectivity index (χ1v) is 18.7. The van der Waals surface area contributed by atoms with Crippen LogP contribution in [0.4, 0.5) is 0 Å². The Morgan fingerprint density at radius 2 is 1.25 bits per heavy atom. The van der Waals surface area contributed by atoms with Crippen molar-refractivity contribution in [2.24, 2.45) is 5.92 Å². The highest BCUT2D eigenvalue weighted by molar-refractivity contribution is 7.92. The SMILES string of the molecule is O=C(CCC(O)C(CCC1CCCCC1)S(=O)(=O)c1ccccc1)c1cncn1C(c1ccccc1)(c1ccccc1)c1ccccc1. The Kier molecular flexibility index (Phi) is 10.7. The van der Waals surface area contributed by atoms with Gasteiger partial charge in [0.25, 0.3) is 0 Å². The Morgan fingerprint density at radius 3 is 1.77 bits per heavy atom. The van der Waals surface area contributed by atoms with Crippen LogP contribution in [0.2, 0.25) is 0 Å². The molecular formula is C41H44N2O4S. The number of hydrogen-bond acceptors (Lipinski definition) is 5. The number of imidazole rings is 1. The monoisotopic (exact) mass is 660 g/mol. The number of aliphatic hydroxyl groups excluding tert-OH is 1. The first-order valence-electron chi connectivity index (χ1n) is 17.1. The summed E-state index contributed by atoms with van der Waals surface area (Å²) in [6.07, 6.45) is 8.98. The molecule has 1 aromatic heterocycles. The molecule has 1 aliphatic rings. The van der Waals surface area contributed by atoms with E-state index in [0.717, 1.165) is 36.0 Å². The van der Waals surface area contributed by atoms with E-state index in [9.17, 15) is 18.3 Å². The van der Waals surface area contributed by atoms with Gasteiger partial charge in [0, 0.05) is 6.42 Å². The molecule has 0 spiro atoms. The first kappa shape index (κ1) is 33.6. The zero-order valence-electron chi connectivity index (χ0n) is 27.3. The minimum atomic E-state index is -3.82. The smallest absolute Gasteiger partial charge is 0.183 e. The summed E-state index contributed by atoms with van der Waals surface area (Å²) >= 11 is 0. The molecule has 0 radical (unpaired) electrons. The van der Waals surface area contributed by atoms with Crippen LogP contribution >= 0.6 is 0 Å². The molecule has 248 valence electrons. The number of carbonyl (C=O) groups excluding carboxylic acids is 1. The standard InChI is InChI=1S/C41H44N2O4S/c44-38(27-28-39(45)40(29-26-32-16-6-1-7-17-32)48(46,47)36-24-14-5-15-25-36)37-30-42-31-43(37)41(33-18-8-2-9-19-33,34-20-10-3-11-21-34)35-22-12-4-13-23-35/h2-5,8-15,18-25,30-32,39-40,45H,1,6-7,16-17,26-29H2. The van der Waals surface area contributed by atoms with Gasteiger partial charge in [-0.25, -0.2) is 13.4 Å². The van der Waals surface area contributed by atoms with Gasteiger partial charge < -0.3 is 9.67 Å². The van der Waals surface area contributed by atoms with Crippen LogP contribution in [-0.4, -0.2) is 40.2 Å². The maximum absolute atomic E-state index is 14.2. The third-order valence-corrected chi connectivity index (χ3v) is 12.3. The molecule has 0 aliphatic heterocycles. The molecule has 1 fully saturated rings. The minimum absolute atomic E-state index is 0.0223. The average Bonchev–Trinajstić information content (AvgIpc) is 3.64. The van der Waals surface area contributed by atoms with Gasteiger partial charge in [-0.15, -0.1) is 0 Å². The Balaban J connectivity index is 1.32. The molecule has 0 saturated heterocycles.